The number of carbonyl (C=O) groups is 2. The highest BCUT2D eigenvalue weighted by atomic mass is 32.2. The highest BCUT2D eigenvalue weighted by Gasteiger charge is 2.40. The van der Waals surface area contributed by atoms with Crippen molar-refractivity contribution >= 4 is 27.9 Å². The number of hydrogen-bond acceptors (Lipinski definition) is 8. The number of hydrogen-bond donors (Lipinski definition) is 5. The van der Waals surface area contributed by atoms with Crippen LogP contribution in [0.4, 0.5) is 0 Å². The van der Waals surface area contributed by atoms with E-state index >= 15 is 0 Å². The van der Waals surface area contributed by atoms with Crippen molar-refractivity contribution in [1.82, 2.24) is 25.1 Å². The first-order valence-corrected chi connectivity index (χ1v) is 14.2. The summed E-state index contributed by atoms with van der Waals surface area (Å²) in [4.78, 5) is 29.5. The molecule has 0 bridgehead atoms. The fourth-order valence-corrected chi connectivity index (χ4v) is 6.12. The molecule has 1 aromatic heterocycles. The number of aliphatic carboxylic acids is 1. The van der Waals surface area contributed by atoms with Crippen LogP contribution < -0.4 is 16.4 Å². The third-order valence-electron chi connectivity index (χ3n) is 6.47. The summed E-state index contributed by atoms with van der Waals surface area (Å²) in [5.41, 5.74) is 6.54. The van der Waals surface area contributed by atoms with Crippen LogP contribution in [0.5, 0.6) is 0 Å². The minimum Gasteiger partial charge on any atom is -0.480 e. The molecule has 0 aliphatic carbocycles. The normalized spacial score (nSPS) is 16.4. The van der Waals surface area contributed by atoms with Gasteiger partial charge in [-0.05, 0) is 49.1 Å². The maximum atomic E-state index is 13.1. The Morgan fingerprint density at radius 3 is 2.58 bits per heavy atom. The predicted octanol–water partition coefficient (Wildman–Crippen LogP) is 1.12. The lowest BCUT2D eigenvalue weighted by Gasteiger charge is -2.25. The van der Waals surface area contributed by atoms with Gasteiger partial charge in [-0.2, -0.15) is 9.29 Å². The Labute approximate surface area is 231 Å². The van der Waals surface area contributed by atoms with Crippen molar-refractivity contribution in [1.29, 1.82) is 5.41 Å². The number of carbonyl (C=O) groups excluding carboxylic acids is 1. The molecule has 3 aromatic rings. The molecule has 2 atom stereocenters. The van der Waals surface area contributed by atoms with Crippen LogP contribution in [0.1, 0.15) is 30.7 Å². The molecule has 1 saturated heterocycles. The third kappa shape index (κ3) is 7.01. The number of sulfonamides is 1. The zero-order chi connectivity index (χ0) is 28.7. The maximum absolute atomic E-state index is 13.1. The molecule has 0 unspecified atom stereocenters. The molecule has 0 spiro atoms. The van der Waals surface area contributed by atoms with Gasteiger partial charge in [0.05, 0.1) is 4.90 Å². The number of aromatic nitrogens is 2. The van der Waals surface area contributed by atoms with E-state index < -0.39 is 34.0 Å². The van der Waals surface area contributed by atoms with Gasteiger partial charge in [-0.15, -0.1) is 0 Å². The summed E-state index contributed by atoms with van der Waals surface area (Å²) in [6.45, 7) is 0.692. The standard InChI is InChI=1S/C26H31N7O6S/c27-26(28)29-14-4-9-22-31-24(39-32-22)18-12-10-17(11-13-18)16-20(25(35)36)30-23(34)21-8-5-15-33(21)40(37,38)19-6-2-1-3-7-19/h1-3,6-7,10-13,20-21H,4-5,8-9,14-16H2,(H,30,34)(H,35,36)(H4,27,28,29)/t20-,21-/m0/s1. The summed E-state index contributed by atoms with van der Waals surface area (Å²) >= 11 is 0. The number of nitrogens with one attached hydrogen (secondary N) is 3. The number of amides is 1. The van der Waals surface area contributed by atoms with Gasteiger partial charge in [-0.1, -0.05) is 35.5 Å². The van der Waals surface area contributed by atoms with E-state index in [4.69, 9.17) is 15.7 Å². The largest absolute Gasteiger partial charge is 0.480 e. The zero-order valence-corrected chi connectivity index (χ0v) is 22.4. The lowest BCUT2D eigenvalue weighted by molar-refractivity contribution is -0.142. The molecule has 1 aliphatic heterocycles. The molecule has 0 radical (unpaired) electrons. The molecule has 212 valence electrons. The molecule has 0 saturated carbocycles. The first-order valence-electron chi connectivity index (χ1n) is 12.7. The van der Waals surface area contributed by atoms with E-state index in [1.165, 1.54) is 12.1 Å². The van der Waals surface area contributed by atoms with Crippen molar-refractivity contribution in [3.8, 4) is 11.5 Å². The van der Waals surface area contributed by atoms with Gasteiger partial charge >= 0.3 is 5.97 Å². The molecule has 4 rings (SSSR count). The highest BCUT2D eigenvalue weighted by Crippen LogP contribution is 2.26. The van der Waals surface area contributed by atoms with Gasteiger partial charge in [-0.25, -0.2) is 13.2 Å². The minimum atomic E-state index is -3.90. The molecule has 40 heavy (non-hydrogen) atoms. The van der Waals surface area contributed by atoms with Gasteiger partial charge in [0, 0.05) is 31.5 Å². The van der Waals surface area contributed by atoms with Crippen molar-refractivity contribution < 1.29 is 27.6 Å². The molecule has 2 heterocycles. The first-order chi connectivity index (χ1) is 19.1. The van der Waals surface area contributed by atoms with E-state index in [1.54, 1.807) is 42.5 Å². The summed E-state index contributed by atoms with van der Waals surface area (Å²) in [6.07, 6.45) is 2.00. The average Bonchev–Trinajstić information content (AvgIpc) is 3.62. The Bertz CT molecular complexity index is 1440. The Kier molecular flexibility index (Phi) is 9.11. The molecule has 1 aliphatic rings. The van der Waals surface area contributed by atoms with Gasteiger partial charge < -0.3 is 26.0 Å². The predicted molar refractivity (Wildman–Crippen MR) is 145 cm³/mol. The van der Waals surface area contributed by atoms with Gasteiger partial charge in [0.15, 0.2) is 11.8 Å². The van der Waals surface area contributed by atoms with Crippen LogP contribution in [0.15, 0.2) is 64.0 Å². The lowest BCUT2D eigenvalue weighted by atomic mass is 10.0. The number of carboxylic acid groups (broad SMARTS) is 1. The molecule has 2 aromatic carbocycles. The van der Waals surface area contributed by atoms with E-state index in [0.717, 1.165) is 4.31 Å². The topological polar surface area (TPSA) is 205 Å². The van der Waals surface area contributed by atoms with Crippen molar-refractivity contribution in [2.75, 3.05) is 13.1 Å². The number of guanidine groups is 1. The second-order valence-corrected chi connectivity index (χ2v) is 11.2. The van der Waals surface area contributed by atoms with Crippen LogP contribution in [0.25, 0.3) is 11.5 Å². The smallest absolute Gasteiger partial charge is 0.326 e. The highest BCUT2D eigenvalue weighted by molar-refractivity contribution is 7.89. The van der Waals surface area contributed by atoms with E-state index in [0.29, 0.717) is 55.1 Å². The summed E-state index contributed by atoms with van der Waals surface area (Å²) in [5, 5.41) is 26.1. The third-order valence-corrected chi connectivity index (χ3v) is 8.39. The van der Waals surface area contributed by atoms with Crippen molar-refractivity contribution in [2.24, 2.45) is 5.73 Å². The monoisotopic (exact) mass is 569 g/mol. The molecular weight excluding hydrogens is 538 g/mol. The van der Waals surface area contributed by atoms with Crippen LogP contribution in [-0.2, 0) is 32.5 Å². The van der Waals surface area contributed by atoms with Crippen LogP contribution in [0, 0.1) is 5.41 Å². The maximum Gasteiger partial charge on any atom is 0.326 e. The van der Waals surface area contributed by atoms with Gasteiger partial charge in [0.25, 0.3) is 5.89 Å². The number of nitrogens with two attached hydrogens (primary N) is 1. The molecule has 1 fully saturated rings. The summed E-state index contributed by atoms with van der Waals surface area (Å²) in [7, 11) is -3.90. The van der Waals surface area contributed by atoms with E-state index in [2.05, 4.69) is 20.8 Å². The fourth-order valence-electron chi connectivity index (χ4n) is 4.45. The summed E-state index contributed by atoms with van der Waals surface area (Å²) in [6, 6.07) is 12.5. The molecular formula is C26H31N7O6S. The Hall–Kier alpha value is -4.30. The Morgan fingerprint density at radius 1 is 1.18 bits per heavy atom. The number of carboxylic acids is 1. The Morgan fingerprint density at radius 2 is 1.90 bits per heavy atom. The molecule has 1 amide bonds. The van der Waals surface area contributed by atoms with E-state index in [1.807, 2.05) is 0 Å². The second-order valence-electron chi connectivity index (χ2n) is 9.35. The zero-order valence-electron chi connectivity index (χ0n) is 21.6. The molecule has 14 heteroatoms. The fraction of sp³-hybridized carbons (Fsp3) is 0.346. The molecule has 13 nitrogen and oxygen atoms in total. The number of nitrogens with zero attached hydrogens (tertiary/aromatic N) is 3. The summed E-state index contributed by atoms with van der Waals surface area (Å²) in [5.74, 6) is -1.15. The number of rotatable bonds is 12. The average molecular weight is 570 g/mol. The number of benzene rings is 2. The first kappa shape index (κ1) is 28.7. The second kappa shape index (κ2) is 12.7. The van der Waals surface area contributed by atoms with Crippen molar-refractivity contribution in [2.45, 2.75) is 49.1 Å². The van der Waals surface area contributed by atoms with Crippen molar-refractivity contribution in [3.63, 3.8) is 0 Å². The Balaban J connectivity index is 1.37. The minimum absolute atomic E-state index is 0.00224. The van der Waals surface area contributed by atoms with Crippen molar-refractivity contribution in [3.05, 3.63) is 66.0 Å². The van der Waals surface area contributed by atoms with Gasteiger partial charge in [0.2, 0.25) is 15.9 Å². The molecule has 6 N–H and O–H groups in total. The van der Waals surface area contributed by atoms with Gasteiger partial charge in [-0.3, -0.25) is 10.2 Å². The summed E-state index contributed by atoms with van der Waals surface area (Å²) < 4.78 is 32.7. The van der Waals surface area contributed by atoms with E-state index in [9.17, 15) is 23.1 Å². The number of aryl methyl sites for hydroxylation is 1. The quantitative estimate of drug-likeness (QED) is 0.119. The van der Waals surface area contributed by atoms with Gasteiger partial charge in [0.1, 0.15) is 12.1 Å². The van der Waals surface area contributed by atoms with E-state index in [-0.39, 0.29) is 23.8 Å². The van der Waals surface area contributed by atoms with Crippen LogP contribution in [-0.4, -0.2) is 71.0 Å². The van der Waals surface area contributed by atoms with Crippen LogP contribution >= 0.6 is 0 Å². The lowest BCUT2D eigenvalue weighted by Crippen LogP contribution is -2.51. The van der Waals surface area contributed by atoms with Crippen LogP contribution in [0.2, 0.25) is 0 Å². The van der Waals surface area contributed by atoms with Crippen LogP contribution in [0.3, 0.4) is 0 Å². The SMILES string of the molecule is N=C(N)NCCCc1noc(-c2ccc(C[C@H](NC(=O)[C@@H]3CCCN3S(=O)(=O)c3ccccc3)C(=O)O)cc2)n1.